The van der Waals surface area contributed by atoms with E-state index in [1.807, 2.05) is 13.8 Å². The lowest BCUT2D eigenvalue weighted by atomic mass is 10.1. The maximum Gasteiger partial charge on any atom is 0.227 e. The van der Waals surface area contributed by atoms with Crippen LogP contribution in [0.15, 0.2) is 24.3 Å². The molecule has 106 valence electrons. The van der Waals surface area contributed by atoms with E-state index in [9.17, 15) is 9.18 Å². The predicted octanol–water partition coefficient (Wildman–Crippen LogP) is 3.62. The maximum atomic E-state index is 13.6. The van der Waals surface area contributed by atoms with Gasteiger partial charge in [-0.1, -0.05) is 32.0 Å². The lowest BCUT2D eigenvalue weighted by molar-refractivity contribution is -0.132. The molecule has 4 heteroatoms. The average molecular weight is 286 g/mol. The minimum absolute atomic E-state index is 0.0561. The molecule has 0 fully saturated rings. The van der Waals surface area contributed by atoms with Gasteiger partial charge >= 0.3 is 0 Å². The molecule has 0 aliphatic rings. The lowest BCUT2D eigenvalue weighted by Gasteiger charge is -2.30. The van der Waals surface area contributed by atoms with Crippen molar-refractivity contribution in [3.05, 3.63) is 35.6 Å². The van der Waals surface area contributed by atoms with Crippen molar-refractivity contribution in [2.75, 3.05) is 12.4 Å². The molecule has 1 rings (SSSR count). The average Bonchev–Trinajstić information content (AvgIpc) is 2.41. The number of hydrogen-bond acceptors (Lipinski definition) is 1. The van der Waals surface area contributed by atoms with Crippen molar-refractivity contribution in [1.29, 1.82) is 0 Å². The summed E-state index contributed by atoms with van der Waals surface area (Å²) in [6.45, 7) is 4.61. The van der Waals surface area contributed by atoms with E-state index in [-0.39, 0.29) is 24.2 Å². The summed E-state index contributed by atoms with van der Waals surface area (Å²) >= 11 is 5.76. The van der Waals surface area contributed by atoms with Crippen LogP contribution in [-0.4, -0.2) is 29.3 Å². The fraction of sp³-hybridized carbons (Fsp3) is 0.533. The zero-order valence-electron chi connectivity index (χ0n) is 11.5. The number of carbonyl (C=O) groups excluding carboxylic acids is 1. The first-order chi connectivity index (χ1) is 9.13. The molecule has 0 aliphatic carbocycles. The molecule has 1 amide bonds. The molecule has 0 saturated carbocycles. The van der Waals surface area contributed by atoms with Gasteiger partial charge in [0.1, 0.15) is 5.82 Å². The lowest BCUT2D eigenvalue weighted by Crippen LogP contribution is -2.42. The van der Waals surface area contributed by atoms with Crippen molar-refractivity contribution in [3.63, 3.8) is 0 Å². The van der Waals surface area contributed by atoms with Gasteiger partial charge in [-0.05, 0) is 24.5 Å². The summed E-state index contributed by atoms with van der Waals surface area (Å²) in [7, 11) is 0. The Bertz CT molecular complexity index is 407. The topological polar surface area (TPSA) is 20.3 Å². The number of carbonyl (C=O) groups is 1. The van der Waals surface area contributed by atoms with Crippen LogP contribution in [0.3, 0.4) is 0 Å². The molecule has 0 N–H and O–H groups in total. The quantitative estimate of drug-likeness (QED) is 0.701. The highest BCUT2D eigenvalue weighted by atomic mass is 35.5. The Morgan fingerprint density at radius 3 is 2.47 bits per heavy atom. The Kier molecular flexibility index (Phi) is 6.85. The van der Waals surface area contributed by atoms with Crippen molar-refractivity contribution >= 4 is 17.5 Å². The van der Waals surface area contributed by atoms with E-state index in [1.54, 1.807) is 23.1 Å². The zero-order valence-corrected chi connectivity index (χ0v) is 12.3. The first kappa shape index (κ1) is 16.0. The minimum atomic E-state index is -0.328. The van der Waals surface area contributed by atoms with E-state index in [0.717, 1.165) is 12.8 Å². The second kappa shape index (κ2) is 8.16. The summed E-state index contributed by atoms with van der Waals surface area (Å²) < 4.78 is 13.6. The third kappa shape index (κ3) is 4.50. The summed E-state index contributed by atoms with van der Waals surface area (Å²) in [5.41, 5.74) is 0.443. The molecule has 0 spiro atoms. The second-order valence-electron chi connectivity index (χ2n) is 4.51. The van der Waals surface area contributed by atoms with E-state index in [1.165, 1.54) is 6.07 Å². The van der Waals surface area contributed by atoms with Crippen molar-refractivity contribution in [1.82, 2.24) is 4.90 Å². The Balaban J connectivity index is 2.80. The van der Waals surface area contributed by atoms with Gasteiger partial charge in [-0.2, -0.15) is 0 Å². The van der Waals surface area contributed by atoms with Crippen LogP contribution in [0, 0.1) is 5.82 Å². The highest BCUT2D eigenvalue weighted by Gasteiger charge is 2.21. The van der Waals surface area contributed by atoms with Gasteiger partial charge in [0.15, 0.2) is 0 Å². The number of hydrogen-bond donors (Lipinski definition) is 0. The minimum Gasteiger partial charge on any atom is -0.338 e. The third-order valence-electron chi connectivity index (χ3n) is 3.33. The summed E-state index contributed by atoms with van der Waals surface area (Å²) in [6, 6.07) is 6.58. The van der Waals surface area contributed by atoms with Crippen molar-refractivity contribution in [2.24, 2.45) is 0 Å². The van der Waals surface area contributed by atoms with Crippen LogP contribution in [-0.2, 0) is 11.2 Å². The number of halogens is 2. The molecular weight excluding hydrogens is 265 g/mol. The molecular formula is C15H21ClFNO. The summed E-state index contributed by atoms with van der Waals surface area (Å²) in [4.78, 5) is 14.1. The Hall–Kier alpha value is -1.09. The van der Waals surface area contributed by atoms with Crippen molar-refractivity contribution < 1.29 is 9.18 Å². The first-order valence-corrected chi connectivity index (χ1v) is 7.26. The third-order valence-corrected chi connectivity index (χ3v) is 3.50. The molecule has 19 heavy (non-hydrogen) atoms. The SMILES string of the molecule is CCC(CC)N(CCCl)C(=O)Cc1ccccc1F. The van der Waals surface area contributed by atoms with Gasteiger partial charge in [0.25, 0.3) is 0 Å². The number of nitrogens with zero attached hydrogens (tertiary/aromatic N) is 1. The van der Waals surface area contributed by atoms with E-state index in [4.69, 9.17) is 11.6 Å². The molecule has 0 heterocycles. The number of amides is 1. The number of alkyl halides is 1. The summed E-state index contributed by atoms with van der Waals surface area (Å²) in [5, 5.41) is 0. The normalized spacial score (nSPS) is 10.8. The highest BCUT2D eigenvalue weighted by Crippen LogP contribution is 2.14. The highest BCUT2D eigenvalue weighted by molar-refractivity contribution is 6.18. The Labute approximate surface area is 119 Å². The molecule has 1 aromatic rings. The van der Waals surface area contributed by atoms with Gasteiger partial charge in [-0.25, -0.2) is 4.39 Å². The van der Waals surface area contributed by atoms with Gasteiger partial charge < -0.3 is 4.90 Å². The van der Waals surface area contributed by atoms with Crippen molar-refractivity contribution in [3.8, 4) is 0 Å². The standard InChI is InChI=1S/C15H21ClFNO/c1-3-13(4-2)18(10-9-16)15(19)11-12-7-5-6-8-14(12)17/h5-8,13H,3-4,9-11H2,1-2H3. The monoisotopic (exact) mass is 285 g/mol. The van der Waals surface area contributed by atoms with Crippen LogP contribution in [0.4, 0.5) is 4.39 Å². The molecule has 2 nitrogen and oxygen atoms in total. The molecule has 1 aromatic carbocycles. The Morgan fingerprint density at radius 2 is 1.95 bits per heavy atom. The fourth-order valence-electron chi connectivity index (χ4n) is 2.24. The van der Waals surface area contributed by atoms with Crippen LogP contribution in [0.2, 0.25) is 0 Å². The molecule has 0 unspecified atom stereocenters. The molecule has 0 saturated heterocycles. The van der Waals surface area contributed by atoms with Crippen LogP contribution in [0.25, 0.3) is 0 Å². The fourth-order valence-corrected chi connectivity index (χ4v) is 2.42. The maximum absolute atomic E-state index is 13.6. The predicted molar refractivity (Wildman–Crippen MR) is 76.9 cm³/mol. The molecule has 0 aliphatic heterocycles. The molecule has 0 radical (unpaired) electrons. The van der Waals surface area contributed by atoms with Crippen LogP contribution >= 0.6 is 11.6 Å². The largest absolute Gasteiger partial charge is 0.338 e. The van der Waals surface area contributed by atoms with E-state index in [2.05, 4.69) is 0 Å². The van der Waals surface area contributed by atoms with Gasteiger partial charge in [0.05, 0.1) is 6.42 Å². The van der Waals surface area contributed by atoms with E-state index < -0.39 is 0 Å². The van der Waals surface area contributed by atoms with Gasteiger partial charge in [-0.15, -0.1) is 11.6 Å². The first-order valence-electron chi connectivity index (χ1n) is 6.72. The van der Waals surface area contributed by atoms with E-state index in [0.29, 0.717) is 18.0 Å². The van der Waals surface area contributed by atoms with Gasteiger partial charge in [-0.3, -0.25) is 4.79 Å². The second-order valence-corrected chi connectivity index (χ2v) is 4.89. The van der Waals surface area contributed by atoms with Crippen LogP contribution in [0.1, 0.15) is 32.3 Å². The van der Waals surface area contributed by atoms with Crippen molar-refractivity contribution in [2.45, 2.75) is 39.2 Å². The summed E-state index contributed by atoms with van der Waals surface area (Å²) in [5.74, 6) is 0.0187. The van der Waals surface area contributed by atoms with E-state index >= 15 is 0 Å². The smallest absolute Gasteiger partial charge is 0.227 e. The Morgan fingerprint density at radius 1 is 1.32 bits per heavy atom. The zero-order chi connectivity index (χ0) is 14.3. The van der Waals surface area contributed by atoms with Gasteiger partial charge in [0, 0.05) is 18.5 Å². The van der Waals surface area contributed by atoms with Crippen LogP contribution < -0.4 is 0 Å². The molecule has 0 atom stereocenters. The van der Waals surface area contributed by atoms with Gasteiger partial charge in [0.2, 0.25) is 5.91 Å². The number of benzene rings is 1. The molecule has 0 aromatic heterocycles. The van der Waals surface area contributed by atoms with Crippen LogP contribution in [0.5, 0.6) is 0 Å². The number of rotatable bonds is 7. The summed E-state index contributed by atoms with van der Waals surface area (Å²) in [6.07, 6.45) is 1.87. The molecule has 0 bridgehead atoms.